The SMILES string of the molecule is CNC(=O)C(C)(CC(F)F)C(=O)O. The van der Waals surface area contributed by atoms with Crippen LogP contribution in [0.2, 0.25) is 0 Å². The summed E-state index contributed by atoms with van der Waals surface area (Å²) in [6.07, 6.45) is -3.81. The number of carbonyl (C=O) groups is 2. The highest BCUT2D eigenvalue weighted by Gasteiger charge is 2.43. The van der Waals surface area contributed by atoms with Crippen LogP contribution in [0.4, 0.5) is 8.78 Å². The first-order valence-electron chi connectivity index (χ1n) is 3.58. The van der Waals surface area contributed by atoms with E-state index in [2.05, 4.69) is 0 Å². The van der Waals surface area contributed by atoms with Gasteiger partial charge in [-0.15, -0.1) is 0 Å². The van der Waals surface area contributed by atoms with E-state index in [9.17, 15) is 18.4 Å². The quantitative estimate of drug-likeness (QED) is 0.641. The average Bonchev–Trinajstić information content (AvgIpc) is 2.01. The fourth-order valence-electron chi connectivity index (χ4n) is 0.862. The lowest BCUT2D eigenvalue weighted by atomic mass is 9.86. The molecule has 2 N–H and O–H groups in total. The smallest absolute Gasteiger partial charge is 0.319 e. The van der Waals surface area contributed by atoms with Crippen LogP contribution in [0.5, 0.6) is 0 Å². The van der Waals surface area contributed by atoms with Gasteiger partial charge in [-0.1, -0.05) is 0 Å². The molecule has 0 aliphatic carbocycles. The summed E-state index contributed by atoms with van der Waals surface area (Å²) >= 11 is 0. The summed E-state index contributed by atoms with van der Waals surface area (Å²) in [6.45, 7) is 0.973. The molecule has 6 heteroatoms. The Morgan fingerprint density at radius 2 is 2.00 bits per heavy atom. The fourth-order valence-corrected chi connectivity index (χ4v) is 0.862. The highest BCUT2D eigenvalue weighted by atomic mass is 19.3. The maximum absolute atomic E-state index is 11.9. The molecule has 4 nitrogen and oxygen atoms in total. The van der Waals surface area contributed by atoms with Gasteiger partial charge in [-0.2, -0.15) is 0 Å². The number of nitrogens with one attached hydrogen (secondary N) is 1. The fraction of sp³-hybridized carbons (Fsp3) is 0.714. The average molecular weight is 195 g/mol. The molecular formula is C7H11F2NO3. The van der Waals surface area contributed by atoms with E-state index in [0.29, 0.717) is 0 Å². The van der Waals surface area contributed by atoms with E-state index in [-0.39, 0.29) is 0 Å². The van der Waals surface area contributed by atoms with Crippen LogP contribution < -0.4 is 5.32 Å². The predicted molar refractivity (Wildman–Crippen MR) is 40.4 cm³/mol. The number of hydrogen-bond donors (Lipinski definition) is 2. The van der Waals surface area contributed by atoms with Gasteiger partial charge in [-0.25, -0.2) is 8.78 Å². The van der Waals surface area contributed by atoms with Crippen molar-refractivity contribution < 1.29 is 23.5 Å². The first-order valence-corrected chi connectivity index (χ1v) is 3.58. The molecule has 0 aliphatic heterocycles. The number of aliphatic carboxylic acids is 1. The summed E-state index contributed by atoms with van der Waals surface area (Å²) in [7, 11) is 1.20. The minimum absolute atomic E-state index is 0.916. The molecule has 0 aromatic heterocycles. The number of amides is 1. The number of carboxylic acid groups (broad SMARTS) is 1. The van der Waals surface area contributed by atoms with E-state index < -0.39 is 30.1 Å². The van der Waals surface area contributed by atoms with E-state index in [0.717, 1.165) is 6.92 Å². The third-order valence-corrected chi connectivity index (χ3v) is 1.76. The van der Waals surface area contributed by atoms with Crippen LogP contribution >= 0.6 is 0 Å². The highest BCUT2D eigenvalue weighted by molar-refractivity contribution is 6.01. The minimum Gasteiger partial charge on any atom is -0.480 e. The van der Waals surface area contributed by atoms with E-state index in [1.165, 1.54) is 7.05 Å². The van der Waals surface area contributed by atoms with Gasteiger partial charge < -0.3 is 10.4 Å². The molecule has 0 radical (unpaired) electrons. The number of alkyl halides is 2. The molecule has 1 unspecified atom stereocenters. The molecule has 0 fully saturated rings. The van der Waals surface area contributed by atoms with Crippen molar-refractivity contribution in [3.63, 3.8) is 0 Å². The van der Waals surface area contributed by atoms with Crippen molar-refractivity contribution in [3.8, 4) is 0 Å². The van der Waals surface area contributed by atoms with Crippen LogP contribution in [-0.4, -0.2) is 30.5 Å². The van der Waals surface area contributed by atoms with Gasteiger partial charge >= 0.3 is 5.97 Å². The van der Waals surface area contributed by atoms with Crippen LogP contribution in [0.25, 0.3) is 0 Å². The predicted octanol–water partition coefficient (Wildman–Crippen LogP) is 0.478. The minimum atomic E-state index is -2.82. The first-order chi connectivity index (χ1) is 5.84. The zero-order chi connectivity index (χ0) is 10.6. The van der Waals surface area contributed by atoms with Crippen LogP contribution in [0.3, 0.4) is 0 Å². The lowest BCUT2D eigenvalue weighted by Crippen LogP contribution is -2.44. The number of rotatable bonds is 4. The Kier molecular flexibility index (Phi) is 3.77. The standard InChI is InChI=1S/C7H11F2NO3/c1-7(6(12)13,3-4(8)9)5(11)10-2/h4H,3H2,1-2H3,(H,10,11)(H,12,13). The number of carboxylic acids is 1. The molecule has 76 valence electrons. The second kappa shape index (κ2) is 4.15. The Bertz CT molecular complexity index is 220. The van der Waals surface area contributed by atoms with Crippen LogP contribution in [0.15, 0.2) is 0 Å². The third kappa shape index (κ3) is 2.64. The van der Waals surface area contributed by atoms with E-state index in [4.69, 9.17) is 5.11 Å². The zero-order valence-electron chi connectivity index (χ0n) is 7.30. The maximum atomic E-state index is 11.9. The topological polar surface area (TPSA) is 66.4 Å². The lowest BCUT2D eigenvalue weighted by Gasteiger charge is -2.21. The van der Waals surface area contributed by atoms with Gasteiger partial charge in [0.25, 0.3) is 0 Å². The molecular weight excluding hydrogens is 184 g/mol. The Hall–Kier alpha value is -1.20. The second-order valence-corrected chi connectivity index (χ2v) is 2.81. The largest absolute Gasteiger partial charge is 0.480 e. The Balaban J connectivity index is 4.73. The van der Waals surface area contributed by atoms with Gasteiger partial charge in [0.2, 0.25) is 12.3 Å². The van der Waals surface area contributed by atoms with Gasteiger partial charge in [0.15, 0.2) is 0 Å². The lowest BCUT2D eigenvalue weighted by molar-refractivity contribution is -0.157. The zero-order valence-corrected chi connectivity index (χ0v) is 7.30. The van der Waals surface area contributed by atoms with Gasteiger partial charge in [-0.05, 0) is 6.92 Å². The van der Waals surface area contributed by atoms with Gasteiger partial charge in [-0.3, -0.25) is 9.59 Å². The summed E-state index contributed by atoms with van der Waals surface area (Å²) in [5.41, 5.74) is -2.05. The number of carbonyl (C=O) groups excluding carboxylic acids is 1. The van der Waals surface area contributed by atoms with Crippen LogP contribution in [0.1, 0.15) is 13.3 Å². The molecule has 1 atom stereocenters. The molecule has 1 amide bonds. The first kappa shape index (κ1) is 11.8. The molecule has 0 rings (SSSR count). The third-order valence-electron chi connectivity index (χ3n) is 1.76. The maximum Gasteiger partial charge on any atom is 0.319 e. The van der Waals surface area contributed by atoms with Gasteiger partial charge in [0, 0.05) is 13.5 Å². The van der Waals surface area contributed by atoms with Crippen molar-refractivity contribution in [1.29, 1.82) is 0 Å². The van der Waals surface area contributed by atoms with Crippen molar-refractivity contribution in [3.05, 3.63) is 0 Å². The summed E-state index contributed by atoms with van der Waals surface area (Å²) in [5.74, 6) is -2.47. The summed E-state index contributed by atoms with van der Waals surface area (Å²) in [4.78, 5) is 21.5. The van der Waals surface area contributed by atoms with Crippen molar-refractivity contribution in [2.75, 3.05) is 7.05 Å². The second-order valence-electron chi connectivity index (χ2n) is 2.81. The van der Waals surface area contributed by atoms with Crippen molar-refractivity contribution in [2.45, 2.75) is 19.8 Å². The van der Waals surface area contributed by atoms with E-state index in [1.807, 2.05) is 5.32 Å². The number of halogens is 2. The molecule has 0 heterocycles. The monoisotopic (exact) mass is 195 g/mol. The van der Waals surface area contributed by atoms with E-state index in [1.54, 1.807) is 0 Å². The van der Waals surface area contributed by atoms with E-state index >= 15 is 0 Å². The molecule has 0 saturated heterocycles. The molecule has 0 spiro atoms. The van der Waals surface area contributed by atoms with Crippen LogP contribution in [-0.2, 0) is 9.59 Å². The van der Waals surface area contributed by atoms with Gasteiger partial charge in [0.05, 0.1) is 0 Å². The molecule has 0 aliphatic rings. The Morgan fingerprint density at radius 3 is 2.23 bits per heavy atom. The summed E-state index contributed by atoms with van der Waals surface area (Å²) in [6, 6.07) is 0. The van der Waals surface area contributed by atoms with Crippen LogP contribution in [0, 0.1) is 5.41 Å². The Morgan fingerprint density at radius 1 is 1.54 bits per heavy atom. The molecule has 13 heavy (non-hydrogen) atoms. The Labute approximate surface area is 73.9 Å². The molecule has 0 aromatic rings. The van der Waals surface area contributed by atoms with Crippen molar-refractivity contribution in [1.82, 2.24) is 5.32 Å². The molecule has 0 bridgehead atoms. The summed E-state index contributed by atoms with van der Waals surface area (Å²) in [5, 5.41) is 10.6. The van der Waals surface area contributed by atoms with Crippen molar-refractivity contribution in [2.24, 2.45) is 5.41 Å². The molecule has 0 aromatic carbocycles. The summed E-state index contributed by atoms with van der Waals surface area (Å²) < 4.78 is 23.9. The highest BCUT2D eigenvalue weighted by Crippen LogP contribution is 2.25. The normalized spacial score (nSPS) is 15.2. The number of hydrogen-bond acceptors (Lipinski definition) is 2. The van der Waals surface area contributed by atoms with Gasteiger partial charge in [0.1, 0.15) is 5.41 Å². The van der Waals surface area contributed by atoms with Crippen molar-refractivity contribution >= 4 is 11.9 Å². The molecule has 0 saturated carbocycles.